The second-order valence-electron chi connectivity index (χ2n) is 7.81. The highest BCUT2D eigenvalue weighted by atomic mass is 32.1. The second-order valence-corrected chi connectivity index (χ2v) is 8.85. The Labute approximate surface area is 196 Å². The van der Waals surface area contributed by atoms with Crippen LogP contribution in [0.3, 0.4) is 0 Å². The van der Waals surface area contributed by atoms with Crippen molar-refractivity contribution in [2.45, 2.75) is 71.0 Å². The molecule has 3 aromatic heterocycles. The Kier molecular flexibility index (Phi) is 11.4. The van der Waals surface area contributed by atoms with Crippen molar-refractivity contribution in [1.29, 1.82) is 0 Å². The average molecular weight is 484 g/mol. The van der Waals surface area contributed by atoms with Crippen LogP contribution in [0.1, 0.15) is 79.2 Å². The summed E-state index contributed by atoms with van der Waals surface area (Å²) in [5.74, 6) is -1.36. The molecule has 0 atom stereocenters. The normalized spacial score (nSPS) is 11.4. The van der Waals surface area contributed by atoms with E-state index in [2.05, 4.69) is 34.7 Å². The van der Waals surface area contributed by atoms with E-state index in [0.717, 1.165) is 23.2 Å². The zero-order valence-electron chi connectivity index (χ0n) is 18.9. The summed E-state index contributed by atoms with van der Waals surface area (Å²) >= 11 is 1.84. The van der Waals surface area contributed by atoms with Crippen LogP contribution < -0.4 is 5.32 Å². The smallest absolute Gasteiger partial charge is 0.419 e. The quantitative estimate of drug-likeness (QED) is 0.271. The largest absolute Gasteiger partial charge is 0.476 e. The molecule has 0 bridgehead atoms. The van der Waals surface area contributed by atoms with Gasteiger partial charge in [-0.3, -0.25) is 0 Å². The Morgan fingerprint density at radius 3 is 2.39 bits per heavy atom. The molecule has 0 radical (unpaired) electrons. The van der Waals surface area contributed by atoms with E-state index in [4.69, 9.17) is 5.11 Å². The van der Waals surface area contributed by atoms with Crippen molar-refractivity contribution in [2.75, 3.05) is 6.54 Å². The third kappa shape index (κ3) is 9.55. The number of halogens is 3. The van der Waals surface area contributed by atoms with Crippen LogP contribution in [0, 0.1) is 0 Å². The third-order valence-corrected chi connectivity index (χ3v) is 5.97. The first-order chi connectivity index (χ1) is 15.8. The topological polar surface area (TPSA) is 66.6 Å². The van der Waals surface area contributed by atoms with Crippen LogP contribution in [0.4, 0.5) is 13.2 Å². The van der Waals surface area contributed by atoms with Gasteiger partial charge in [-0.05, 0) is 36.5 Å². The first-order valence-electron chi connectivity index (χ1n) is 11.3. The summed E-state index contributed by atoms with van der Waals surface area (Å²) in [5, 5.41) is 14.3. The maximum Gasteiger partial charge on any atom is 0.419 e. The van der Waals surface area contributed by atoms with Gasteiger partial charge in [-0.25, -0.2) is 9.78 Å². The number of pyridine rings is 1. The fourth-order valence-electron chi connectivity index (χ4n) is 3.35. The maximum atomic E-state index is 12.5. The van der Waals surface area contributed by atoms with Gasteiger partial charge in [-0.2, -0.15) is 13.2 Å². The number of nitrogens with zero attached hydrogens (tertiary/aromatic N) is 2. The minimum atomic E-state index is -4.55. The SMILES string of the molecule is CCCCCCCCCCNCc1cccs1.O=C(O)c1cn2cccc(C(F)(F)F)c2n1. The number of hydrogen-bond donors (Lipinski definition) is 2. The Morgan fingerprint density at radius 2 is 1.79 bits per heavy atom. The Bertz CT molecular complexity index is 956. The molecule has 3 rings (SSSR count). The second kappa shape index (κ2) is 14.0. The highest BCUT2D eigenvalue weighted by molar-refractivity contribution is 7.09. The number of thiophene rings is 1. The molecule has 0 saturated heterocycles. The highest BCUT2D eigenvalue weighted by Gasteiger charge is 2.34. The lowest BCUT2D eigenvalue weighted by Crippen LogP contribution is -2.13. The minimum absolute atomic E-state index is 0.410. The van der Waals surface area contributed by atoms with Crippen LogP contribution in [-0.4, -0.2) is 27.0 Å². The number of carbonyl (C=O) groups is 1. The molecule has 3 heterocycles. The van der Waals surface area contributed by atoms with Gasteiger partial charge in [0.2, 0.25) is 0 Å². The molecule has 0 saturated carbocycles. The van der Waals surface area contributed by atoms with Crippen LogP contribution in [0.25, 0.3) is 5.65 Å². The lowest BCUT2D eigenvalue weighted by atomic mass is 10.1. The molecule has 0 aromatic carbocycles. The van der Waals surface area contributed by atoms with Gasteiger partial charge < -0.3 is 14.8 Å². The predicted octanol–water partition coefficient (Wildman–Crippen LogP) is 7.03. The van der Waals surface area contributed by atoms with Crippen molar-refractivity contribution in [2.24, 2.45) is 0 Å². The van der Waals surface area contributed by atoms with E-state index in [1.54, 1.807) is 0 Å². The predicted molar refractivity (Wildman–Crippen MR) is 126 cm³/mol. The molecule has 2 N–H and O–H groups in total. The zero-order valence-corrected chi connectivity index (χ0v) is 19.7. The molecule has 0 fully saturated rings. The van der Waals surface area contributed by atoms with Gasteiger partial charge in [0.25, 0.3) is 0 Å². The zero-order chi connectivity index (χ0) is 24.1. The number of aromatic nitrogens is 2. The Morgan fingerprint density at radius 1 is 1.09 bits per heavy atom. The molecular formula is C24H32F3N3O2S. The van der Waals surface area contributed by atoms with Gasteiger partial charge >= 0.3 is 12.1 Å². The fraction of sp³-hybridized carbons (Fsp3) is 0.500. The summed E-state index contributed by atoms with van der Waals surface area (Å²) in [4.78, 5) is 15.4. The van der Waals surface area contributed by atoms with Crippen LogP contribution in [0.15, 0.2) is 42.0 Å². The van der Waals surface area contributed by atoms with E-state index in [9.17, 15) is 18.0 Å². The number of hydrogen-bond acceptors (Lipinski definition) is 4. The molecule has 0 aliphatic rings. The number of rotatable bonds is 12. The van der Waals surface area contributed by atoms with Crippen LogP contribution >= 0.6 is 11.3 Å². The van der Waals surface area contributed by atoms with Crippen LogP contribution in [0.5, 0.6) is 0 Å². The molecule has 0 unspecified atom stereocenters. The monoisotopic (exact) mass is 483 g/mol. The number of aromatic carboxylic acids is 1. The van der Waals surface area contributed by atoms with Gasteiger partial charge in [0.1, 0.15) is 5.65 Å². The minimum Gasteiger partial charge on any atom is -0.476 e. The Balaban J connectivity index is 0.000000234. The van der Waals surface area contributed by atoms with Gasteiger partial charge in [0.15, 0.2) is 5.69 Å². The highest BCUT2D eigenvalue weighted by Crippen LogP contribution is 2.31. The van der Waals surface area contributed by atoms with E-state index < -0.39 is 29.1 Å². The van der Waals surface area contributed by atoms with E-state index in [0.29, 0.717) is 0 Å². The van der Waals surface area contributed by atoms with E-state index >= 15 is 0 Å². The molecule has 0 aliphatic heterocycles. The summed E-state index contributed by atoms with van der Waals surface area (Å²) in [6.07, 6.45) is 9.02. The molecule has 9 heteroatoms. The van der Waals surface area contributed by atoms with Crippen molar-refractivity contribution in [1.82, 2.24) is 14.7 Å². The number of imidazole rings is 1. The van der Waals surface area contributed by atoms with Crippen LogP contribution in [-0.2, 0) is 12.7 Å². The molecule has 3 aromatic rings. The summed E-state index contributed by atoms with van der Waals surface area (Å²) in [5.41, 5.74) is -1.79. The fourth-order valence-corrected chi connectivity index (χ4v) is 4.02. The van der Waals surface area contributed by atoms with Crippen LogP contribution in [0.2, 0.25) is 0 Å². The van der Waals surface area contributed by atoms with Crippen molar-refractivity contribution in [3.05, 3.63) is 58.2 Å². The average Bonchev–Trinajstić information content (AvgIpc) is 3.44. The van der Waals surface area contributed by atoms with E-state index in [1.165, 1.54) is 75.1 Å². The molecular weight excluding hydrogens is 451 g/mol. The molecule has 33 heavy (non-hydrogen) atoms. The maximum absolute atomic E-state index is 12.5. The van der Waals surface area contributed by atoms with Gasteiger partial charge in [0, 0.05) is 23.8 Å². The number of carboxylic acid groups (broad SMARTS) is 1. The number of fused-ring (bicyclic) bond motifs is 1. The number of unbranched alkanes of at least 4 members (excludes halogenated alkanes) is 7. The van der Waals surface area contributed by atoms with Crippen molar-refractivity contribution >= 4 is 23.0 Å². The first-order valence-corrected chi connectivity index (χ1v) is 12.2. The number of nitrogens with one attached hydrogen (secondary N) is 1. The number of alkyl halides is 3. The third-order valence-electron chi connectivity index (χ3n) is 5.09. The van der Waals surface area contributed by atoms with Crippen molar-refractivity contribution in [3.8, 4) is 0 Å². The lowest BCUT2D eigenvalue weighted by molar-refractivity contribution is -0.136. The van der Waals surface area contributed by atoms with E-state index in [-0.39, 0.29) is 0 Å². The van der Waals surface area contributed by atoms with Gasteiger partial charge in [-0.1, -0.05) is 57.9 Å². The summed E-state index contributed by atoms with van der Waals surface area (Å²) in [6, 6.07) is 6.36. The van der Waals surface area contributed by atoms with E-state index in [1.807, 2.05) is 11.3 Å². The number of carboxylic acids is 1. The molecule has 0 amide bonds. The summed E-state index contributed by atoms with van der Waals surface area (Å²) in [6.45, 7) is 4.50. The molecule has 5 nitrogen and oxygen atoms in total. The summed E-state index contributed by atoms with van der Waals surface area (Å²) in [7, 11) is 0. The lowest BCUT2D eigenvalue weighted by Gasteiger charge is -2.06. The molecule has 182 valence electrons. The Hall–Kier alpha value is -2.39. The standard InChI is InChI=1S/C15H27NS.C9H5F3N2O2/c1-2-3-4-5-6-7-8-9-12-16-14-15-11-10-13-17-15;10-9(11,12)5-2-1-3-14-4-6(8(15)16)13-7(5)14/h10-11,13,16H,2-9,12,14H2,1H3;1-4H,(H,15,16). The van der Waals surface area contributed by atoms with Gasteiger partial charge in [-0.15, -0.1) is 11.3 Å². The van der Waals surface area contributed by atoms with Crippen molar-refractivity contribution < 1.29 is 23.1 Å². The summed E-state index contributed by atoms with van der Waals surface area (Å²) < 4.78 is 38.6. The van der Waals surface area contributed by atoms with Gasteiger partial charge in [0.05, 0.1) is 5.56 Å². The first kappa shape index (κ1) is 26.9. The molecule has 0 spiro atoms. The molecule has 0 aliphatic carbocycles. The van der Waals surface area contributed by atoms with Crippen molar-refractivity contribution in [3.63, 3.8) is 0 Å².